The van der Waals surface area contributed by atoms with E-state index in [1.54, 1.807) is 0 Å². The van der Waals surface area contributed by atoms with Crippen molar-refractivity contribution >= 4 is 54.4 Å². The van der Waals surface area contributed by atoms with E-state index in [0.29, 0.717) is 0 Å². The molecule has 0 saturated carbocycles. The van der Waals surface area contributed by atoms with Crippen LogP contribution in [-0.2, 0) is 0 Å². The highest BCUT2D eigenvalue weighted by molar-refractivity contribution is 6.23. The van der Waals surface area contributed by atoms with E-state index in [2.05, 4.69) is 209 Å². The van der Waals surface area contributed by atoms with Gasteiger partial charge in [0.15, 0.2) is 0 Å². The van der Waals surface area contributed by atoms with Crippen molar-refractivity contribution in [2.45, 2.75) is 0 Å². The average Bonchev–Trinajstić information content (AvgIpc) is 3.77. The number of pyridine rings is 1. The van der Waals surface area contributed by atoms with Crippen molar-refractivity contribution < 1.29 is 0 Å². The average molecular weight is 688 g/mol. The van der Waals surface area contributed by atoms with Crippen LogP contribution < -0.4 is 0 Å². The number of benzene rings is 8. The van der Waals surface area contributed by atoms with Crippen LogP contribution in [0.5, 0.6) is 0 Å². The number of hydrogen-bond donors (Lipinski definition) is 0. The molecule has 11 rings (SSSR count). The van der Waals surface area contributed by atoms with Crippen molar-refractivity contribution in [1.29, 1.82) is 0 Å². The van der Waals surface area contributed by atoms with Crippen LogP contribution in [0.4, 0.5) is 0 Å². The fourth-order valence-electron chi connectivity index (χ4n) is 8.39. The number of nitrogens with zero attached hydrogens (tertiary/aromatic N) is 3. The van der Waals surface area contributed by atoms with Crippen molar-refractivity contribution in [3.05, 3.63) is 200 Å². The van der Waals surface area contributed by atoms with E-state index in [-0.39, 0.29) is 0 Å². The van der Waals surface area contributed by atoms with Gasteiger partial charge in [0.05, 0.1) is 39.1 Å². The first-order valence-electron chi connectivity index (χ1n) is 18.5. The first-order valence-corrected chi connectivity index (χ1v) is 18.5. The molecule has 0 N–H and O–H groups in total. The van der Waals surface area contributed by atoms with Crippen LogP contribution in [0.2, 0.25) is 0 Å². The van der Waals surface area contributed by atoms with Crippen LogP contribution in [0, 0.1) is 0 Å². The van der Waals surface area contributed by atoms with Crippen molar-refractivity contribution in [2.24, 2.45) is 0 Å². The highest BCUT2D eigenvalue weighted by Gasteiger charge is 2.22. The lowest BCUT2D eigenvalue weighted by atomic mass is 10.0. The van der Waals surface area contributed by atoms with Gasteiger partial charge in [-0.25, -0.2) is 4.98 Å². The Hall–Kier alpha value is -7.23. The molecule has 3 nitrogen and oxygen atoms in total. The molecular weight excluding hydrogens is 655 g/mol. The fourth-order valence-corrected chi connectivity index (χ4v) is 8.39. The predicted octanol–water partition coefficient (Wildman–Crippen LogP) is 13.4. The minimum Gasteiger partial charge on any atom is -0.307 e. The molecule has 11 aromatic rings. The van der Waals surface area contributed by atoms with Crippen molar-refractivity contribution in [3.63, 3.8) is 0 Å². The smallest absolute Gasteiger partial charge is 0.0788 e. The normalized spacial score (nSPS) is 11.7. The van der Waals surface area contributed by atoms with Crippen molar-refractivity contribution in [1.82, 2.24) is 14.1 Å². The molecule has 0 amide bonds. The Morgan fingerprint density at radius 2 is 0.796 bits per heavy atom. The Morgan fingerprint density at radius 1 is 0.296 bits per heavy atom. The van der Waals surface area contributed by atoms with Crippen LogP contribution in [0.1, 0.15) is 0 Å². The zero-order valence-corrected chi connectivity index (χ0v) is 29.4. The molecule has 0 spiro atoms. The molecule has 0 radical (unpaired) electrons. The van der Waals surface area contributed by atoms with Gasteiger partial charge in [0, 0.05) is 38.4 Å². The monoisotopic (exact) mass is 687 g/mol. The highest BCUT2D eigenvalue weighted by atomic mass is 15.0. The molecule has 8 aromatic carbocycles. The number of hydrogen-bond acceptors (Lipinski definition) is 1. The summed E-state index contributed by atoms with van der Waals surface area (Å²) in [5, 5.41) is 7.37. The summed E-state index contributed by atoms with van der Waals surface area (Å²) in [4.78, 5) is 5.24. The summed E-state index contributed by atoms with van der Waals surface area (Å²) in [6.45, 7) is 0. The molecule has 3 aromatic heterocycles. The Labute approximate surface area is 312 Å². The van der Waals surface area contributed by atoms with Crippen LogP contribution in [-0.4, -0.2) is 14.1 Å². The maximum atomic E-state index is 5.24. The predicted molar refractivity (Wildman–Crippen MR) is 227 cm³/mol. The lowest BCUT2D eigenvalue weighted by molar-refractivity contribution is 1.14. The zero-order chi connectivity index (χ0) is 35.6. The summed E-state index contributed by atoms with van der Waals surface area (Å²) >= 11 is 0. The summed E-state index contributed by atoms with van der Waals surface area (Å²) in [5.41, 5.74) is 13.3. The maximum Gasteiger partial charge on any atom is 0.0788 e. The minimum atomic E-state index is 0.939. The minimum absolute atomic E-state index is 0.939. The van der Waals surface area contributed by atoms with Gasteiger partial charge in [-0.1, -0.05) is 158 Å². The van der Waals surface area contributed by atoms with Gasteiger partial charge in [0.1, 0.15) is 0 Å². The van der Waals surface area contributed by atoms with Crippen molar-refractivity contribution in [2.75, 3.05) is 0 Å². The number of fused-ring (bicyclic) bond motifs is 8. The third-order valence-electron chi connectivity index (χ3n) is 10.9. The summed E-state index contributed by atoms with van der Waals surface area (Å²) in [7, 11) is 0. The van der Waals surface area contributed by atoms with E-state index in [0.717, 1.165) is 39.4 Å². The summed E-state index contributed by atoms with van der Waals surface area (Å²) in [6.07, 6.45) is 0. The number of para-hydroxylation sites is 2. The zero-order valence-electron chi connectivity index (χ0n) is 29.4. The van der Waals surface area contributed by atoms with Gasteiger partial charge in [0.2, 0.25) is 0 Å². The Balaban J connectivity index is 1.25. The first kappa shape index (κ1) is 30.4. The summed E-state index contributed by atoms with van der Waals surface area (Å²) < 4.78 is 4.94. The van der Waals surface area contributed by atoms with Gasteiger partial charge in [-0.05, 0) is 64.4 Å². The summed E-state index contributed by atoms with van der Waals surface area (Å²) in [5.74, 6) is 0. The van der Waals surface area contributed by atoms with Gasteiger partial charge < -0.3 is 9.13 Å². The number of rotatable bonds is 5. The molecule has 0 aliphatic heterocycles. The Morgan fingerprint density at radius 3 is 1.43 bits per heavy atom. The lowest BCUT2D eigenvalue weighted by Crippen LogP contribution is -2.01. The maximum absolute atomic E-state index is 5.24. The topological polar surface area (TPSA) is 22.8 Å². The molecule has 0 aliphatic rings. The van der Waals surface area contributed by atoms with E-state index >= 15 is 0 Å². The van der Waals surface area contributed by atoms with Crippen LogP contribution >= 0.6 is 0 Å². The van der Waals surface area contributed by atoms with E-state index in [1.807, 2.05) is 0 Å². The van der Waals surface area contributed by atoms with E-state index in [4.69, 9.17) is 4.98 Å². The fraction of sp³-hybridized carbons (Fsp3) is 0. The van der Waals surface area contributed by atoms with Crippen LogP contribution in [0.25, 0.3) is 99.4 Å². The SMILES string of the molecule is c1ccc(-c2cc(-n3c4ccccc4c4ccc5c6ccccc6n(-c6cccc(-c7ccc8ccccc8c7)c6)c5c43)cc(-c3ccccc3)n2)cc1. The second-order valence-corrected chi connectivity index (χ2v) is 14.0. The summed E-state index contributed by atoms with van der Waals surface area (Å²) in [6, 6.07) is 72.1. The quantitative estimate of drug-likeness (QED) is 0.177. The van der Waals surface area contributed by atoms with Gasteiger partial charge in [0.25, 0.3) is 0 Å². The highest BCUT2D eigenvalue weighted by Crippen LogP contribution is 2.43. The van der Waals surface area contributed by atoms with Crippen LogP contribution in [0.3, 0.4) is 0 Å². The molecule has 252 valence electrons. The third kappa shape index (κ3) is 4.79. The molecule has 0 atom stereocenters. The molecule has 0 aliphatic carbocycles. The van der Waals surface area contributed by atoms with E-state index < -0.39 is 0 Å². The standard InChI is InChI=1S/C51H33N3/c1-3-15-35(16-4-1)46-32-41(33-47(52-46)36-17-5-2-6-18-36)54-49-25-12-10-23-43(49)45-29-28-44-42-22-9-11-24-48(42)53(50(44)51(45)54)40-21-13-20-38(31-40)39-27-26-34-14-7-8-19-37(34)30-39/h1-33H. The van der Waals surface area contributed by atoms with Gasteiger partial charge in [-0.3, -0.25) is 0 Å². The van der Waals surface area contributed by atoms with Gasteiger partial charge in [-0.15, -0.1) is 0 Å². The third-order valence-corrected chi connectivity index (χ3v) is 10.9. The molecule has 0 saturated heterocycles. The molecule has 54 heavy (non-hydrogen) atoms. The second kappa shape index (κ2) is 12.2. The first-order chi connectivity index (χ1) is 26.8. The van der Waals surface area contributed by atoms with E-state index in [9.17, 15) is 0 Å². The van der Waals surface area contributed by atoms with E-state index in [1.165, 1.54) is 60.0 Å². The molecule has 0 unspecified atom stereocenters. The van der Waals surface area contributed by atoms with Gasteiger partial charge in [-0.2, -0.15) is 0 Å². The second-order valence-electron chi connectivity index (χ2n) is 14.0. The van der Waals surface area contributed by atoms with Gasteiger partial charge >= 0.3 is 0 Å². The number of aromatic nitrogens is 3. The molecule has 0 bridgehead atoms. The molecule has 0 fully saturated rings. The Bertz CT molecular complexity index is 3150. The molecule has 3 heterocycles. The molecular formula is C51H33N3. The van der Waals surface area contributed by atoms with Crippen LogP contribution in [0.15, 0.2) is 200 Å². The largest absolute Gasteiger partial charge is 0.307 e. The van der Waals surface area contributed by atoms with Crippen molar-refractivity contribution in [3.8, 4) is 45.0 Å². The Kier molecular flexibility index (Phi) is 6.86. The lowest BCUT2D eigenvalue weighted by Gasteiger charge is -2.15. The molecule has 3 heteroatoms.